The van der Waals surface area contributed by atoms with Crippen molar-refractivity contribution in [3.8, 4) is 5.75 Å². The van der Waals surface area contributed by atoms with Gasteiger partial charge in [0.2, 0.25) is 5.91 Å². The highest BCUT2D eigenvalue weighted by molar-refractivity contribution is 7.92. The van der Waals surface area contributed by atoms with Crippen LogP contribution in [0.15, 0.2) is 77.7 Å². The van der Waals surface area contributed by atoms with Gasteiger partial charge in [0, 0.05) is 13.1 Å². The Morgan fingerprint density at radius 1 is 0.946 bits per heavy atom. The molecule has 0 saturated carbocycles. The van der Waals surface area contributed by atoms with Gasteiger partial charge in [-0.15, -0.1) is 0 Å². The van der Waals surface area contributed by atoms with Crippen LogP contribution in [-0.4, -0.2) is 51.9 Å². The van der Waals surface area contributed by atoms with Crippen molar-refractivity contribution in [2.24, 2.45) is 0 Å². The molecule has 194 valence electrons. The fraction of sp³-hybridized carbons (Fsp3) is 0.286. The van der Waals surface area contributed by atoms with Crippen LogP contribution in [0, 0.1) is 6.92 Å². The Balaban J connectivity index is 1.66. The summed E-state index contributed by atoms with van der Waals surface area (Å²) in [4.78, 5) is 28.3. The van der Waals surface area contributed by atoms with Gasteiger partial charge < -0.3 is 15.0 Å². The zero-order valence-corrected chi connectivity index (χ0v) is 21.8. The molecule has 1 aliphatic heterocycles. The highest BCUT2D eigenvalue weighted by Gasteiger charge is 2.30. The average molecular weight is 522 g/mol. The number of para-hydroxylation sites is 1. The van der Waals surface area contributed by atoms with Crippen LogP contribution in [0.3, 0.4) is 0 Å². The van der Waals surface area contributed by atoms with E-state index in [2.05, 4.69) is 5.32 Å². The maximum atomic E-state index is 13.7. The summed E-state index contributed by atoms with van der Waals surface area (Å²) >= 11 is 0. The van der Waals surface area contributed by atoms with Gasteiger partial charge >= 0.3 is 0 Å². The van der Waals surface area contributed by atoms with Crippen LogP contribution in [-0.2, 0) is 14.8 Å². The second-order valence-electron chi connectivity index (χ2n) is 8.95. The first-order valence-corrected chi connectivity index (χ1v) is 13.7. The molecule has 0 bridgehead atoms. The molecule has 1 fully saturated rings. The van der Waals surface area contributed by atoms with E-state index >= 15 is 0 Å². The summed E-state index contributed by atoms with van der Waals surface area (Å²) < 4.78 is 33.9. The Labute approximate surface area is 217 Å². The third-order valence-corrected chi connectivity index (χ3v) is 8.07. The van der Waals surface area contributed by atoms with Gasteiger partial charge in [-0.05, 0) is 68.1 Å². The first kappa shape index (κ1) is 26.2. The van der Waals surface area contributed by atoms with Crippen LogP contribution in [0.5, 0.6) is 5.75 Å². The predicted molar refractivity (Wildman–Crippen MR) is 144 cm³/mol. The number of likely N-dealkylation sites (tertiary alicyclic amines) is 1. The van der Waals surface area contributed by atoms with Crippen molar-refractivity contribution in [3.05, 3.63) is 83.9 Å². The molecule has 4 rings (SSSR count). The Morgan fingerprint density at radius 3 is 2.32 bits per heavy atom. The SMILES string of the molecule is COc1ccc(C)cc1N(CC(=O)Nc1ccccc1C(=O)N1CCCCC1)S(=O)(=O)c1ccccc1. The number of anilines is 2. The Morgan fingerprint density at radius 2 is 1.62 bits per heavy atom. The summed E-state index contributed by atoms with van der Waals surface area (Å²) in [5.41, 5.74) is 1.78. The van der Waals surface area contributed by atoms with Gasteiger partial charge in [0.15, 0.2) is 0 Å². The summed E-state index contributed by atoms with van der Waals surface area (Å²) in [7, 11) is -2.67. The molecule has 1 saturated heterocycles. The number of methoxy groups -OCH3 is 1. The summed E-state index contributed by atoms with van der Waals surface area (Å²) in [5.74, 6) is -0.412. The minimum absolute atomic E-state index is 0.0482. The molecular weight excluding hydrogens is 490 g/mol. The van der Waals surface area contributed by atoms with Gasteiger partial charge in [-0.3, -0.25) is 13.9 Å². The van der Waals surface area contributed by atoms with E-state index in [-0.39, 0.29) is 16.5 Å². The zero-order valence-electron chi connectivity index (χ0n) is 21.0. The van der Waals surface area contributed by atoms with E-state index in [9.17, 15) is 18.0 Å². The van der Waals surface area contributed by atoms with Crippen molar-refractivity contribution in [3.63, 3.8) is 0 Å². The summed E-state index contributed by atoms with van der Waals surface area (Å²) in [5, 5.41) is 2.77. The van der Waals surface area contributed by atoms with E-state index < -0.39 is 22.5 Å². The number of ether oxygens (including phenoxy) is 1. The largest absolute Gasteiger partial charge is 0.495 e. The van der Waals surface area contributed by atoms with Crippen LogP contribution in [0.2, 0.25) is 0 Å². The minimum atomic E-state index is -4.12. The highest BCUT2D eigenvalue weighted by Crippen LogP contribution is 2.33. The molecule has 37 heavy (non-hydrogen) atoms. The molecule has 0 unspecified atom stereocenters. The number of rotatable bonds is 8. The lowest BCUT2D eigenvalue weighted by Crippen LogP contribution is -2.39. The molecule has 0 aliphatic carbocycles. The third-order valence-electron chi connectivity index (χ3n) is 6.30. The van der Waals surface area contributed by atoms with E-state index in [1.54, 1.807) is 65.6 Å². The first-order valence-electron chi connectivity index (χ1n) is 12.2. The smallest absolute Gasteiger partial charge is 0.264 e. The molecular formula is C28H31N3O5S. The number of sulfonamides is 1. The quantitative estimate of drug-likeness (QED) is 0.472. The van der Waals surface area contributed by atoms with E-state index in [4.69, 9.17) is 4.74 Å². The van der Waals surface area contributed by atoms with Crippen LogP contribution >= 0.6 is 0 Å². The maximum absolute atomic E-state index is 13.7. The fourth-order valence-corrected chi connectivity index (χ4v) is 5.82. The van der Waals surface area contributed by atoms with Gasteiger partial charge in [0.1, 0.15) is 12.3 Å². The molecule has 1 N–H and O–H groups in total. The van der Waals surface area contributed by atoms with E-state index in [0.29, 0.717) is 30.1 Å². The number of piperidine rings is 1. The standard InChI is InChI=1S/C28H31N3O5S/c1-21-15-16-26(36-2)25(19-21)31(37(34,35)22-11-5-3-6-12-22)20-27(32)29-24-14-8-7-13-23(24)28(33)30-17-9-4-10-18-30/h3,5-8,11-16,19H,4,9-10,17-18,20H2,1-2H3,(H,29,32). The highest BCUT2D eigenvalue weighted by atomic mass is 32.2. The average Bonchev–Trinajstić information content (AvgIpc) is 2.92. The van der Waals surface area contributed by atoms with Crippen molar-refractivity contribution >= 4 is 33.2 Å². The fourth-order valence-electron chi connectivity index (χ4n) is 4.38. The summed E-state index contributed by atoms with van der Waals surface area (Å²) in [6.07, 6.45) is 2.99. The van der Waals surface area contributed by atoms with Crippen LogP contribution in [0.1, 0.15) is 35.2 Å². The maximum Gasteiger partial charge on any atom is 0.264 e. The number of nitrogens with zero attached hydrogens (tertiary/aromatic N) is 2. The lowest BCUT2D eigenvalue weighted by atomic mass is 10.1. The molecule has 8 nitrogen and oxygen atoms in total. The molecule has 0 spiro atoms. The predicted octanol–water partition coefficient (Wildman–Crippen LogP) is 4.46. The first-order chi connectivity index (χ1) is 17.8. The van der Waals surface area contributed by atoms with E-state index in [0.717, 1.165) is 29.1 Å². The number of carbonyl (C=O) groups is 2. The molecule has 1 aliphatic rings. The molecule has 3 aromatic rings. The second-order valence-corrected chi connectivity index (χ2v) is 10.8. The topological polar surface area (TPSA) is 96.0 Å². The van der Waals surface area contributed by atoms with Crippen LogP contribution < -0.4 is 14.4 Å². The molecule has 9 heteroatoms. The zero-order chi connectivity index (χ0) is 26.4. The van der Waals surface area contributed by atoms with E-state index in [1.165, 1.54) is 19.2 Å². The van der Waals surface area contributed by atoms with Crippen LogP contribution in [0.4, 0.5) is 11.4 Å². The van der Waals surface area contributed by atoms with Gasteiger partial charge in [-0.25, -0.2) is 8.42 Å². The molecule has 0 radical (unpaired) electrons. The molecule has 0 atom stereocenters. The normalized spacial score (nSPS) is 13.6. The molecule has 2 amide bonds. The van der Waals surface area contributed by atoms with E-state index in [1.807, 2.05) is 6.92 Å². The van der Waals surface area contributed by atoms with Gasteiger partial charge in [0.25, 0.3) is 15.9 Å². The number of aryl methyl sites for hydroxylation is 1. The number of hydrogen-bond donors (Lipinski definition) is 1. The Bertz CT molecular complexity index is 1370. The van der Waals surface area contributed by atoms with Gasteiger partial charge in [0.05, 0.1) is 28.9 Å². The third kappa shape index (κ3) is 5.94. The summed E-state index contributed by atoms with van der Waals surface area (Å²) in [6.45, 7) is 2.68. The van der Waals surface area contributed by atoms with Crippen molar-refractivity contribution in [2.45, 2.75) is 31.1 Å². The molecule has 0 aromatic heterocycles. The van der Waals surface area contributed by atoms with Crippen molar-refractivity contribution in [2.75, 3.05) is 36.4 Å². The Kier molecular flexibility index (Phi) is 8.13. The van der Waals surface area contributed by atoms with Crippen molar-refractivity contribution in [1.29, 1.82) is 0 Å². The number of amides is 2. The van der Waals surface area contributed by atoms with Crippen molar-refractivity contribution < 1.29 is 22.7 Å². The van der Waals surface area contributed by atoms with Crippen LogP contribution in [0.25, 0.3) is 0 Å². The molecule has 3 aromatic carbocycles. The van der Waals surface area contributed by atoms with Crippen molar-refractivity contribution in [1.82, 2.24) is 4.90 Å². The lowest BCUT2D eigenvalue weighted by molar-refractivity contribution is -0.114. The number of carbonyl (C=O) groups excluding carboxylic acids is 2. The Hall–Kier alpha value is -3.85. The number of hydrogen-bond acceptors (Lipinski definition) is 5. The lowest BCUT2D eigenvalue weighted by Gasteiger charge is -2.28. The van der Waals surface area contributed by atoms with Gasteiger partial charge in [-0.1, -0.05) is 36.4 Å². The van der Waals surface area contributed by atoms with Gasteiger partial charge in [-0.2, -0.15) is 0 Å². The number of benzene rings is 3. The summed E-state index contributed by atoms with van der Waals surface area (Å²) in [6, 6.07) is 19.9. The monoisotopic (exact) mass is 521 g/mol. The molecule has 1 heterocycles. The number of nitrogens with one attached hydrogen (secondary N) is 1. The second kappa shape index (κ2) is 11.5. The minimum Gasteiger partial charge on any atom is -0.495 e.